The number of anilines is 1. The molecule has 114 valence electrons. The molecular weight excluding hydrogens is 276 g/mol. The Bertz CT molecular complexity index is 543. The molecule has 0 radical (unpaired) electrons. The molecule has 7 nitrogen and oxygen atoms in total. The van der Waals surface area contributed by atoms with Crippen molar-refractivity contribution in [3.05, 3.63) is 29.3 Å². The Morgan fingerprint density at radius 2 is 1.48 bits per heavy atom. The number of nitrogens with one attached hydrogen (secondary N) is 2. The van der Waals surface area contributed by atoms with E-state index in [0.717, 1.165) is 6.07 Å². The number of carbonyl (C=O) groups is 3. The maximum Gasteiger partial charge on any atom is 0.335 e. The minimum Gasteiger partial charge on any atom is -0.478 e. The first-order valence-electron chi connectivity index (χ1n) is 6.25. The fraction of sp³-hybridized carbons (Fsp3) is 0.357. The average Bonchev–Trinajstić information content (AvgIpc) is 2.35. The number of carboxylic acid groups (broad SMARTS) is 2. The smallest absolute Gasteiger partial charge is 0.335 e. The van der Waals surface area contributed by atoms with Crippen LogP contribution < -0.4 is 10.6 Å². The summed E-state index contributed by atoms with van der Waals surface area (Å²) in [6.45, 7) is 6.26. The van der Waals surface area contributed by atoms with Gasteiger partial charge in [0.05, 0.1) is 11.1 Å². The topological polar surface area (TPSA) is 116 Å². The van der Waals surface area contributed by atoms with Crippen LogP contribution in [0.1, 0.15) is 41.5 Å². The number of rotatable bonds is 4. The highest BCUT2D eigenvalue weighted by atomic mass is 16.4. The lowest BCUT2D eigenvalue weighted by atomic mass is 9.97. The molecule has 7 heteroatoms. The van der Waals surface area contributed by atoms with Gasteiger partial charge in [-0.3, -0.25) is 0 Å². The van der Waals surface area contributed by atoms with Crippen molar-refractivity contribution in [1.82, 2.24) is 5.32 Å². The first-order valence-corrected chi connectivity index (χ1v) is 6.25. The Balaban J connectivity index is 2.89. The van der Waals surface area contributed by atoms with E-state index in [1.807, 2.05) is 20.8 Å². The summed E-state index contributed by atoms with van der Waals surface area (Å²) in [5.41, 5.74) is -0.410. The molecule has 2 amide bonds. The van der Waals surface area contributed by atoms with Gasteiger partial charge in [0.2, 0.25) is 0 Å². The van der Waals surface area contributed by atoms with Crippen LogP contribution in [0.15, 0.2) is 18.2 Å². The standard InChI is InChI=1S/C14H18N2O5/c1-14(2,3)7-15-13(21)16-10-5-8(11(17)18)4-9(6-10)12(19)20/h4-6H,7H2,1-3H3,(H,17,18)(H,19,20)(H2,15,16,21). The second kappa shape index (κ2) is 6.25. The molecule has 1 aromatic rings. The maximum absolute atomic E-state index is 11.7. The predicted octanol–water partition coefficient (Wildman–Crippen LogP) is 2.25. The highest BCUT2D eigenvalue weighted by Gasteiger charge is 2.14. The fourth-order valence-corrected chi connectivity index (χ4v) is 1.47. The van der Waals surface area contributed by atoms with Crippen LogP contribution >= 0.6 is 0 Å². The van der Waals surface area contributed by atoms with Crippen LogP contribution in [0.2, 0.25) is 0 Å². The number of carbonyl (C=O) groups excluding carboxylic acids is 1. The van der Waals surface area contributed by atoms with Gasteiger partial charge in [-0.25, -0.2) is 14.4 Å². The maximum atomic E-state index is 11.7. The molecule has 1 rings (SSSR count). The second-order valence-corrected chi connectivity index (χ2v) is 5.78. The van der Waals surface area contributed by atoms with Gasteiger partial charge in [-0.05, 0) is 23.6 Å². The molecular formula is C14H18N2O5. The van der Waals surface area contributed by atoms with Crippen LogP contribution in [-0.2, 0) is 0 Å². The molecule has 0 bridgehead atoms. The molecule has 4 N–H and O–H groups in total. The first kappa shape index (κ1) is 16.5. The van der Waals surface area contributed by atoms with Gasteiger partial charge in [-0.1, -0.05) is 20.8 Å². The highest BCUT2D eigenvalue weighted by Crippen LogP contribution is 2.16. The van der Waals surface area contributed by atoms with Gasteiger partial charge in [0.15, 0.2) is 0 Å². The average molecular weight is 294 g/mol. The van der Waals surface area contributed by atoms with E-state index in [4.69, 9.17) is 10.2 Å². The van der Waals surface area contributed by atoms with Gasteiger partial charge >= 0.3 is 18.0 Å². The number of aromatic carboxylic acids is 2. The Labute approximate surface area is 122 Å². The van der Waals surface area contributed by atoms with Crippen molar-refractivity contribution in [2.45, 2.75) is 20.8 Å². The third-order valence-corrected chi connectivity index (χ3v) is 2.46. The van der Waals surface area contributed by atoms with Crippen molar-refractivity contribution in [3.63, 3.8) is 0 Å². The van der Waals surface area contributed by atoms with E-state index in [1.165, 1.54) is 12.1 Å². The fourth-order valence-electron chi connectivity index (χ4n) is 1.47. The quantitative estimate of drug-likeness (QED) is 0.679. The Morgan fingerprint density at radius 3 is 1.86 bits per heavy atom. The predicted molar refractivity (Wildman–Crippen MR) is 76.8 cm³/mol. The molecule has 0 fully saturated rings. The molecule has 0 heterocycles. The summed E-state index contributed by atoms with van der Waals surface area (Å²) in [6.07, 6.45) is 0. The van der Waals surface area contributed by atoms with E-state index < -0.39 is 18.0 Å². The summed E-state index contributed by atoms with van der Waals surface area (Å²) < 4.78 is 0. The molecule has 0 aliphatic carbocycles. The van der Waals surface area contributed by atoms with Crippen LogP contribution in [0, 0.1) is 5.41 Å². The molecule has 0 atom stereocenters. The molecule has 0 aliphatic heterocycles. The summed E-state index contributed by atoms with van der Waals surface area (Å²) in [5.74, 6) is -2.53. The zero-order valence-electron chi connectivity index (χ0n) is 12.1. The van der Waals surface area contributed by atoms with Crippen LogP contribution in [0.25, 0.3) is 0 Å². The summed E-state index contributed by atoms with van der Waals surface area (Å²) in [6, 6.07) is 2.91. The summed E-state index contributed by atoms with van der Waals surface area (Å²) >= 11 is 0. The lowest BCUT2D eigenvalue weighted by Gasteiger charge is -2.19. The van der Waals surface area contributed by atoms with Crippen molar-refractivity contribution in [3.8, 4) is 0 Å². The Kier molecular flexibility index (Phi) is 4.91. The molecule has 0 saturated carbocycles. The van der Waals surface area contributed by atoms with E-state index in [9.17, 15) is 14.4 Å². The van der Waals surface area contributed by atoms with Crippen molar-refractivity contribution in [2.75, 3.05) is 11.9 Å². The van der Waals surface area contributed by atoms with Gasteiger partial charge in [-0.15, -0.1) is 0 Å². The summed E-state index contributed by atoms with van der Waals surface area (Å²) in [7, 11) is 0. The number of hydrogen-bond donors (Lipinski definition) is 4. The highest BCUT2D eigenvalue weighted by molar-refractivity contribution is 5.98. The van der Waals surface area contributed by atoms with Crippen LogP contribution in [0.3, 0.4) is 0 Å². The Morgan fingerprint density at radius 1 is 1.00 bits per heavy atom. The third-order valence-electron chi connectivity index (χ3n) is 2.46. The molecule has 0 aliphatic rings. The van der Waals surface area contributed by atoms with Gasteiger partial charge in [0, 0.05) is 12.2 Å². The number of benzene rings is 1. The van der Waals surface area contributed by atoms with Crippen LogP contribution in [0.4, 0.5) is 10.5 Å². The first-order chi connectivity index (χ1) is 9.58. The number of amides is 2. The minimum atomic E-state index is -1.27. The number of carboxylic acids is 2. The number of hydrogen-bond acceptors (Lipinski definition) is 3. The van der Waals surface area contributed by atoms with E-state index in [-0.39, 0.29) is 22.2 Å². The molecule has 0 unspecified atom stereocenters. The Hall–Kier alpha value is -2.57. The van der Waals surface area contributed by atoms with Gasteiger partial charge < -0.3 is 20.8 Å². The molecule has 0 saturated heterocycles. The molecule has 1 aromatic carbocycles. The van der Waals surface area contributed by atoms with Crippen molar-refractivity contribution >= 4 is 23.7 Å². The van der Waals surface area contributed by atoms with Crippen molar-refractivity contribution < 1.29 is 24.6 Å². The number of urea groups is 1. The van der Waals surface area contributed by atoms with Crippen molar-refractivity contribution in [1.29, 1.82) is 0 Å². The van der Waals surface area contributed by atoms with Crippen LogP contribution in [0.5, 0.6) is 0 Å². The molecule has 0 aromatic heterocycles. The minimum absolute atomic E-state index is 0.105. The van der Waals surface area contributed by atoms with Crippen LogP contribution in [-0.4, -0.2) is 34.7 Å². The van der Waals surface area contributed by atoms with E-state index >= 15 is 0 Å². The largest absolute Gasteiger partial charge is 0.478 e. The van der Waals surface area contributed by atoms with Gasteiger partial charge in [0.25, 0.3) is 0 Å². The molecule has 21 heavy (non-hydrogen) atoms. The summed E-state index contributed by atoms with van der Waals surface area (Å²) in [5, 5.41) is 22.9. The van der Waals surface area contributed by atoms with Gasteiger partial charge in [0.1, 0.15) is 0 Å². The summed E-state index contributed by atoms with van der Waals surface area (Å²) in [4.78, 5) is 33.6. The normalized spacial score (nSPS) is 10.8. The third kappa shape index (κ3) is 5.52. The lowest BCUT2D eigenvalue weighted by Crippen LogP contribution is -2.35. The zero-order valence-corrected chi connectivity index (χ0v) is 12.1. The van der Waals surface area contributed by atoms with Crippen molar-refractivity contribution in [2.24, 2.45) is 5.41 Å². The van der Waals surface area contributed by atoms with Gasteiger partial charge in [-0.2, -0.15) is 0 Å². The van der Waals surface area contributed by atoms with E-state index in [0.29, 0.717) is 6.54 Å². The lowest BCUT2D eigenvalue weighted by molar-refractivity contribution is 0.0696. The SMILES string of the molecule is CC(C)(C)CNC(=O)Nc1cc(C(=O)O)cc(C(=O)O)c1. The monoisotopic (exact) mass is 294 g/mol. The van der Waals surface area contributed by atoms with E-state index in [1.54, 1.807) is 0 Å². The zero-order chi connectivity index (χ0) is 16.2. The molecule has 0 spiro atoms. The second-order valence-electron chi connectivity index (χ2n) is 5.78. The van der Waals surface area contributed by atoms with E-state index in [2.05, 4.69) is 10.6 Å².